The molecule has 3 rings (SSSR count). The average Bonchev–Trinajstić information content (AvgIpc) is 3.26. The van der Waals surface area contributed by atoms with Crippen molar-refractivity contribution in [1.29, 1.82) is 0 Å². The van der Waals surface area contributed by atoms with Gasteiger partial charge in [-0.15, -0.1) is 0 Å². The summed E-state index contributed by atoms with van der Waals surface area (Å²) in [5, 5.41) is 19.8. The zero-order chi connectivity index (χ0) is 35.8. The second kappa shape index (κ2) is 20.7. The number of carboxylic acid groups (broad SMARTS) is 1. The van der Waals surface area contributed by atoms with Crippen LogP contribution in [0.25, 0.3) is 0 Å². The lowest BCUT2D eigenvalue weighted by molar-refractivity contribution is -0.304. The Morgan fingerprint density at radius 3 is 2.10 bits per heavy atom. The smallest absolute Gasteiger partial charge is 0.315 e. The van der Waals surface area contributed by atoms with Gasteiger partial charge in [0, 0.05) is 23.5 Å². The third-order valence-corrected chi connectivity index (χ3v) is 11.2. The fourth-order valence-corrected chi connectivity index (χ4v) is 7.89. The number of carbonyl (C=O) groups is 3. The number of amides is 3. The minimum atomic E-state index is -0.949. The van der Waals surface area contributed by atoms with Gasteiger partial charge in [0.1, 0.15) is 6.10 Å². The monoisotopic (exact) mass is 690 g/mol. The first-order chi connectivity index (χ1) is 23.4. The molecule has 0 aromatic rings. The normalized spacial score (nSPS) is 25.1. The van der Waals surface area contributed by atoms with E-state index in [2.05, 4.69) is 35.0 Å². The molecule has 4 unspecified atom stereocenters. The molecule has 0 aromatic heterocycles. The first-order valence-electron chi connectivity index (χ1n) is 19.9. The Labute approximate surface area is 297 Å². The van der Waals surface area contributed by atoms with Crippen molar-refractivity contribution in [3.05, 3.63) is 12.2 Å². The van der Waals surface area contributed by atoms with Gasteiger partial charge in [-0.3, -0.25) is 9.59 Å². The summed E-state index contributed by atoms with van der Waals surface area (Å²) in [5.74, 6) is -3.26. The van der Waals surface area contributed by atoms with Gasteiger partial charge in [-0.25, -0.2) is 4.79 Å². The molecule has 3 fully saturated rings. The average molecular weight is 690 g/mol. The minimum Gasteiger partial charge on any atom is -0.481 e. The van der Waals surface area contributed by atoms with Gasteiger partial charge in [0.2, 0.25) is 5.91 Å². The third kappa shape index (κ3) is 14.2. The third-order valence-electron chi connectivity index (χ3n) is 11.2. The highest BCUT2D eigenvalue weighted by molar-refractivity contribution is 5.82. The van der Waals surface area contributed by atoms with Crippen LogP contribution >= 0.6 is 0 Å². The van der Waals surface area contributed by atoms with Gasteiger partial charge in [0.15, 0.2) is 5.79 Å². The molecular formula is C40H71N3O6. The van der Waals surface area contributed by atoms with Crippen LogP contribution in [-0.2, 0) is 19.1 Å². The van der Waals surface area contributed by atoms with Crippen LogP contribution in [0.5, 0.6) is 0 Å². The van der Waals surface area contributed by atoms with E-state index in [1.165, 1.54) is 57.8 Å². The molecule has 9 heteroatoms. The summed E-state index contributed by atoms with van der Waals surface area (Å²) >= 11 is 0. The number of carboxylic acids is 1. The lowest BCUT2D eigenvalue weighted by Gasteiger charge is -2.45. The van der Waals surface area contributed by atoms with Crippen molar-refractivity contribution in [1.82, 2.24) is 16.0 Å². The second-order valence-electron chi connectivity index (χ2n) is 16.5. The molecule has 0 bridgehead atoms. The summed E-state index contributed by atoms with van der Waals surface area (Å²) in [5.41, 5.74) is -0.703. The number of ether oxygens (including phenoxy) is 2. The van der Waals surface area contributed by atoms with Crippen molar-refractivity contribution in [3.63, 3.8) is 0 Å². The van der Waals surface area contributed by atoms with Gasteiger partial charge < -0.3 is 30.5 Å². The number of unbranched alkanes of at least 4 members (excludes halogenated alkanes) is 10. The van der Waals surface area contributed by atoms with Crippen LogP contribution in [0.1, 0.15) is 169 Å². The van der Waals surface area contributed by atoms with E-state index in [4.69, 9.17) is 9.47 Å². The van der Waals surface area contributed by atoms with E-state index in [1.54, 1.807) is 13.8 Å². The molecule has 0 radical (unpaired) electrons. The molecule has 0 spiro atoms. The molecule has 2 aliphatic carbocycles. The molecule has 0 aromatic carbocycles. The SMILES string of the molecule is CCCCCCCCCC=CCCCCCC1(NC(=O)NC2CCCCCC2C(CNC(=O)C2OC(C)(C)OCC2(C)C)C(=O)O)CCC1. The number of hydrogen-bond acceptors (Lipinski definition) is 5. The van der Waals surface area contributed by atoms with Gasteiger partial charge in [-0.1, -0.05) is 104 Å². The molecule has 3 amide bonds. The van der Waals surface area contributed by atoms with Crippen LogP contribution in [0.4, 0.5) is 4.79 Å². The number of allylic oxidation sites excluding steroid dienone is 2. The van der Waals surface area contributed by atoms with Gasteiger partial charge >= 0.3 is 12.0 Å². The number of carbonyl (C=O) groups excluding carboxylic acids is 2. The highest BCUT2D eigenvalue weighted by atomic mass is 16.7. The predicted molar refractivity (Wildman–Crippen MR) is 196 cm³/mol. The van der Waals surface area contributed by atoms with Crippen LogP contribution < -0.4 is 16.0 Å². The second-order valence-corrected chi connectivity index (χ2v) is 16.5. The molecule has 4 atom stereocenters. The Morgan fingerprint density at radius 2 is 1.47 bits per heavy atom. The van der Waals surface area contributed by atoms with Crippen LogP contribution in [0, 0.1) is 17.3 Å². The van der Waals surface area contributed by atoms with Crippen LogP contribution in [0.2, 0.25) is 0 Å². The number of urea groups is 1. The molecule has 1 aliphatic heterocycles. The van der Waals surface area contributed by atoms with Crippen LogP contribution in [-0.4, -0.2) is 59.6 Å². The summed E-state index contributed by atoms with van der Waals surface area (Å²) in [7, 11) is 0. The minimum absolute atomic E-state index is 0.00584. The van der Waals surface area contributed by atoms with E-state index in [0.29, 0.717) is 13.0 Å². The first-order valence-corrected chi connectivity index (χ1v) is 19.9. The maximum Gasteiger partial charge on any atom is 0.315 e. The molecule has 49 heavy (non-hydrogen) atoms. The Morgan fingerprint density at radius 1 is 0.837 bits per heavy atom. The summed E-state index contributed by atoms with van der Waals surface area (Å²) in [4.78, 5) is 39.4. The Balaban J connectivity index is 1.44. The lowest BCUT2D eigenvalue weighted by atomic mass is 9.73. The maximum absolute atomic E-state index is 13.4. The van der Waals surface area contributed by atoms with Crippen LogP contribution in [0.3, 0.4) is 0 Å². The molecule has 2 saturated carbocycles. The van der Waals surface area contributed by atoms with Gasteiger partial charge in [-0.05, 0) is 84.0 Å². The van der Waals surface area contributed by atoms with Crippen molar-refractivity contribution in [3.8, 4) is 0 Å². The highest BCUT2D eigenvalue weighted by Gasteiger charge is 2.46. The number of nitrogens with one attached hydrogen (secondary N) is 3. The van der Waals surface area contributed by atoms with E-state index in [-0.39, 0.29) is 36.0 Å². The van der Waals surface area contributed by atoms with Crippen molar-refractivity contribution in [2.24, 2.45) is 17.3 Å². The Bertz CT molecular complexity index is 1040. The maximum atomic E-state index is 13.4. The van der Waals surface area contributed by atoms with Gasteiger partial charge in [-0.2, -0.15) is 0 Å². The molecular weight excluding hydrogens is 618 g/mol. The summed E-state index contributed by atoms with van der Waals surface area (Å²) in [6.45, 7) is 10.0. The van der Waals surface area contributed by atoms with E-state index in [9.17, 15) is 19.5 Å². The molecule has 1 heterocycles. The van der Waals surface area contributed by atoms with Crippen molar-refractivity contribution in [2.45, 2.75) is 193 Å². The summed E-state index contributed by atoms with van der Waals surface area (Å²) in [6, 6.07) is -0.446. The zero-order valence-electron chi connectivity index (χ0n) is 31.7. The summed E-state index contributed by atoms with van der Waals surface area (Å²) < 4.78 is 11.7. The van der Waals surface area contributed by atoms with Gasteiger partial charge in [0.25, 0.3) is 0 Å². The van der Waals surface area contributed by atoms with E-state index in [0.717, 1.165) is 70.6 Å². The molecule has 3 aliphatic rings. The Kier molecular flexibility index (Phi) is 17.4. The zero-order valence-corrected chi connectivity index (χ0v) is 31.7. The number of aliphatic carboxylic acids is 1. The van der Waals surface area contributed by atoms with Crippen molar-refractivity contribution >= 4 is 17.9 Å². The predicted octanol–water partition coefficient (Wildman–Crippen LogP) is 8.80. The first kappa shape index (κ1) is 41.3. The molecule has 282 valence electrons. The van der Waals surface area contributed by atoms with Crippen molar-refractivity contribution < 1.29 is 29.0 Å². The fraction of sp³-hybridized carbons (Fsp3) is 0.875. The summed E-state index contributed by atoms with van der Waals surface area (Å²) in [6.07, 6.45) is 27.6. The topological polar surface area (TPSA) is 126 Å². The standard InChI is InChI=1S/C40H71N3O6/c1-6-7-8-9-10-11-12-13-14-15-16-17-18-22-26-40(27-23-28-40)43-37(47)42-33-25-21-19-20-24-31(33)32(36(45)46)29-41-35(44)34-38(2,3)30-48-39(4,5)49-34/h14-15,31-34H,6-13,16-30H2,1-5H3,(H,41,44)(H,45,46)(H2,42,43,47). The van der Waals surface area contributed by atoms with Gasteiger partial charge in [0.05, 0.1) is 12.5 Å². The Hall–Kier alpha value is -2.13. The molecule has 4 N–H and O–H groups in total. The van der Waals surface area contributed by atoms with E-state index >= 15 is 0 Å². The van der Waals surface area contributed by atoms with Crippen LogP contribution in [0.15, 0.2) is 12.2 Å². The van der Waals surface area contributed by atoms with E-state index in [1.807, 2.05) is 13.8 Å². The molecule has 1 saturated heterocycles. The quantitative estimate of drug-likeness (QED) is 0.0542. The largest absolute Gasteiger partial charge is 0.481 e. The van der Waals surface area contributed by atoms with Crippen molar-refractivity contribution in [2.75, 3.05) is 13.2 Å². The molecule has 9 nitrogen and oxygen atoms in total. The highest BCUT2D eigenvalue weighted by Crippen LogP contribution is 2.37. The lowest BCUT2D eigenvalue weighted by Crippen LogP contribution is -2.59. The number of rotatable bonds is 21. The number of hydrogen-bond donors (Lipinski definition) is 4. The van der Waals surface area contributed by atoms with E-state index < -0.39 is 29.2 Å². The fourth-order valence-electron chi connectivity index (χ4n) is 7.89.